The summed E-state index contributed by atoms with van der Waals surface area (Å²) in [5.74, 6) is -0.653. The Hall–Kier alpha value is -4.04. The molecule has 182 valence electrons. The monoisotopic (exact) mass is 475 g/mol. The number of fused-ring (bicyclic) bond motifs is 1. The summed E-state index contributed by atoms with van der Waals surface area (Å²) in [6.07, 6.45) is 1.50. The van der Waals surface area contributed by atoms with Gasteiger partial charge in [-0.1, -0.05) is 61.7 Å². The van der Waals surface area contributed by atoms with E-state index in [1.54, 1.807) is 6.07 Å². The van der Waals surface area contributed by atoms with Gasteiger partial charge in [-0.2, -0.15) is 0 Å². The topological polar surface area (TPSA) is 88.1 Å². The first-order valence-corrected chi connectivity index (χ1v) is 11.5. The fourth-order valence-corrected chi connectivity index (χ4v) is 4.37. The molecule has 0 bridgehead atoms. The Labute approximate surface area is 203 Å². The van der Waals surface area contributed by atoms with Crippen LogP contribution in [0.2, 0.25) is 0 Å². The van der Waals surface area contributed by atoms with E-state index in [1.165, 1.54) is 11.5 Å². The Kier molecular flexibility index (Phi) is 7.22. The first-order chi connectivity index (χ1) is 16.9. The Bertz CT molecular complexity index is 1310. The molecule has 1 aliphatic rings. The van der Waals surface area contributed by atoms with Crippen molar-refractivity contribution >= 4 is 28.5 Å². The van der Waals surface area contributed by atoms with Crippen molar-refractivity contribution in [1.82, 2.24) is 9.47 Å². The van der Waals surface area contributed by atoms with Crippen LogP contribution >= 0.6 is 0 Å². The number of piperazine rings is 1. The van der Waals surface area contributed by atoms with Crippen LogP contribution in [0.1, 0.15) is 18.7 Å². The van der Waals surface area contributed by atoms with Gasteiger partial charge in [0.25, 0.3) is 0 Å². The minimum absolute atomic E-state index is 0.428. The van der Waals surface area contributed by atoms with Gasteiger partial charge in [-0.05, 0) is 35.8 Å². The highest BCUT2D eigenvalue weighted by molar-refractivity contribution is 5.87. The first kappa shape index (κ1) is 24.1. The van der Waals surface area contributed by atoms with E-state index in [1.807, 2.05) is 48.5 Å². The second-order valence-corrected chi connectivity index (χ2v) is 8.42. The van der Waals surface area contributed by atoms with E-state index in [-0.39, 0.29) is 0 Å². The van der Waals surface area contributed by atoms with E-state index in [2.05, 4.69) is 29.0 Å². The molecule has 4 rings (SSSR count). The minimum atomic E-state index is -1.45. The third-order valence-electron chi connectivity index (χ3n) is 6.14. The SMILES string of the molecule is C=C/C(=C\C(=C)c1ccccc1)CN1CCN(c2cccc3c2oc(=O)n3C(C)OC(=O)O)CC1. The van der Waals surface area contributed by atoms with E-state index in [0.717, 1.165) is 55.1 Å². The van der Waals surface area contributed by atoms with E-state index in [4.69, 9.17) is 14.3 Å². The lowest BCUT2D eigenvalue weighted by molar-refractivity contribution is 0.0269. The molecule has 8 heteroatoms. The molecule has 0 saturated carbocycles. The molecule has 0 amide bonds. The smallest absolute Gasteiger partial charge is 0.450 e. The maximum Gasteiger partial charge on any atom is 0.507 e. The number of hydrogen-bond acceptors (Lipinski definition) is 6. The van der Waals surface area contributed by atoms with E-state index in [9.17, 15) is 9.59 Å². The van der Waals surface area contributed by atoms with Crippen molar-refractivity contribution in [1.29, 1.82) is 0 Å². The summed E-state index contributed by atoms with van der Waals surface area (Å²) in [6, 6.07) is 15.5. The minimum Gasteiger partial charge on any atom is -0.450 e. The maximum absolute atomic E-state index is 12.5. The molecule has 1 aromatic heterocycles. The average molecular weight is 476 g/mol. The number of para-hydroxylation sites is 1. The number of aromatic nitrogens is 1. The third kappa shape index (κ3) is 5.38. The second-order valence-electron chi connectivity index (χ2n) is 8.42. The zero-order valence-corrected chi connectivity index (χ0v) is 19.7. The highest BCUT2D eigenvalue weighted by Crippen LogP contribution is 2.29. The molecule has 1 fully saturated rings. The molecule has 35 heavy (non-hydrogen) atoms. The van der Waals surface area contributed by atoms with Gasteiger partial charge in [-0.15, -0.1) is 0 Å². The molecule has 0 radical (unpaired) electrons. The van der Waals surface area contributed by atoms with Crippen molar-refractivity contribution in [3.8, 4) is 0 Å². The number of carbonyl (C=O) groups is 1. The quantitative estimate of drug-likeness (QED) is 0.371. The largest absolute Gasteiger partial charge is 0.507 e. The predicted molar refractivity (Wildman–Crippen MR) is 137 cm³/mol. The van der Waals surface area contributed by atoms with Crippen molar-refractivity contribution in [3.63, 3.8) is 0 Å². The van der Waals surface area contributed by atoms with Gasteiger partial charge < -0.3 is 19.2 Å². The molecule has 2 aromatic carbocycles. The molecule has 3 aromatic rings. The highest BCUT2D eigenvalue weighted by Gasteiger charge is 2.24. The number of hydrogen-bond donors (Lipinski definition) is 1. The van der Waals surface area contributed by atoms with Crippen LogP contribution in [0, 0.1) is 0 Å². The molecule has 0 spiro atoms. The van der Waals surface area contributed by atoms with Crippen LogP contribution < -0.4 is 10.7 Å². The molecule has 1 aliphatic heterocycles. The molecule has 1 N–H and O–H groups in total. The molecule has 2 heterocycles. The van der Waals surface area contributed by atoms with Crippen LogP contribution in [0.3, 0.4) is 0 Å². The Morgan fingerprint density at radius 3 is 2.51 bits per heavy atom. The third-order valence-corrected chi connectivity index (χ3v) is 6.14. The van der Waals surface area contributed by atoms with Crippen LogP contribution in [0.15, 0.2) is 88.6 Å². The molecule has 8 nitrogen and oxygen atoms in total. The zero-order valence-electron chi connectivity index (χ0n) is 19.7. The van der Waals surface area contributed by atoms with E-state index in [0.29, 0.717) is 11.1 Å². The number of oxazole rings is 1. The molecule has 1 atom stereocenters. The van der Waals surface area contributed by atoms with Gasteiger partial charge >= 0.3 is 11.9 Å². The summed E-state index contributed by atoms with van der Waals surface area (Å²) >= 11 is 0. The van der Waals surface area contributed by atoms with Crippen molar-refractivity contribution < 1.29 is 19.1 Å². The van der Waals surface area contributed by atoms with Gasteiger partial charge in [-0.25, -0.2) is 14.2 Å². The molecule has 0 aliphatic carbocycles. The maximum atomic E-state index is 12.5. The lowest BCUT2D eigenvalue weighted by Gasteiger charge is -2.36. The Balaban J connectivity index is 1.46. The van der Waals surface area contributed by atoms with Crippen molar-refractivity contribution in [2.75, 3.05) is 37.6 Å². The van der Waals surface area contributed by atoms with Crippen LogP contribution in [0.5, 0.6) is 0 Å². The van der Waals surface area contributed by atoms with Gasteiger partial charge in [0.15, 0.2) is 11.8 Å². The number of nitrogens with zero attached hydrogens (tertiary/aromatic N) is 3. The predicted octanol–water partition coefficient (Wildman–Crippen LogP) is 4.76. The Morgan fingerprint density at radius 1 is 1.14 bits per heavy atom. The van der Waals surface area contributed by atoms with Gasteiger partial charge in [-0.3, -0.25) is 4.90 Å². The summed E-state index contributed by atoms with van der Waals surface area (Å²) < 4.78 is 11.5. The van der Waals surface area contributed by atoms with Gasteiger partial charge in [0.1, 0.15) is 0 Å². The van der Waals surface area contributed by atoms with Crippen LogP contribution in [-0.2, 0) is 4.74 Å². The van der Waals surface area contributed by atoms with Gasteiger partial charge in [0.2, 0.25) is 0 Å². The van der Waals surface area contributed by atoms with Crippen LogP contribution in [-0.4, -0.2) is 53.5 Å². The molecule has 1 unspecified atom stereocenters. The normalized spacial score (nSPS) is 15.7. The highest BCUT2D eigenvalue weighted by atomic mass is 16.7. The number of allylic oxidation sites excluding steroid dienone is 2. The van der Waals surface area contributed by atoms with Crippen molar-refractivity contribution in [3.05, 3.63) is 95.5 Å². The average Bonchev–Trinajstić information content (AvgIpc) is 3.20. The lowest BCUT2D eigenvalue weighted by atomic mass is 10.0. The van der Waals surface area contributed by atoms with Crippen molar-refractivity contribution in [2.45, 2.75) is 13.2 Å². The number of ether oxygens (including phenoxy) is 1. The number of carboxylic acid groups (broad SMARTS) is 1. The van der Waals surface area contributed by atoms with E-state index < -0.39 is 18.1 Å². The van der Waals surface area contributed by atoms with Crippen LogP contribution in [0.4, 0.5) is 10.5 Å². The zero-order chi connectivity index (χ0) is 24.9. The standard InChI is InChI=1S/C27H29N3O5/c1-4-21(17-19(2)22-9-6-5-7-10-22)18-28-13-15-29(16-14-28)23-11-8-12-24-25(23)35-26(31)30(24)20(3)34-27(32)33/h4-12,17,20H,1-2,13-16,18H2,3H3,(H,32,33)/b21-17+. The fraction of sp³-hybridized carbons (Fsp3) is 0.259. The van der Waals surface area contributed by atoms with Gasteiger partial charge in [0.05, 0.1) is 11.2 Å². The Morgan fingerprint density at radius 2 is 1.86 bits per heavy atom. The van der Waals surface area contributed by atoms with Crippen molar-refractivity contribution in [2.24, 2.45) is 0 Å². The fourth-order valence-electron chi connectivity index (χ4n) is 4.37. The summed E-state index contributed by atoms with van der Waals surface area (Å²) in [7, 11) is 0. The van der Waals surface area contributed by atoms with E-state index >= 15 is 0 Å². The molecule has 1 saturated heterocycles. The summed E-state index contributed by atoms with van der Waals surface area (Å²) in [5, 5.41) is 8.92. The molecular formula is C27H29N3O5. The number of rotatable bonds is 8. The first-order valence-electron chi connectivity index (χ1n) is 11.5. The molecular weight excluding hydrogens is 446 g/mol. The summed E-state index contributed by atoms with van der Waals surface area (Å²) in [6.45, 7) is 13.6. The number of anilines is 1. The summed E-state index contributed by atoms with van der Waals surface area (Å²) in [4.78, 5) is 27.9. The lowest BCUT2D eigenvalue weighted by Crippen LogP contribution is -2.46. The second kappa shape index (κ2) is 10.5. The van der Waals surface area contributed by atoms with Crippen LogP contribution in [0.25, 0.3) is 16.7 Å². The number of benzene rings is 2. The van der Waals surface area contributed by atoms with Gasteiger partial charge in [0, 0.05) is 32.7 Å². The summed E-state index contributed by atoms with van der Waals surface area (Å²) in [5.41, 5.74) is 4.87.